The first-order chi connectivity index (χ1) is 13.1. The molecule has 0 saturated heterocycles. The maximum absolute atomic E-state index is 12.4. The normalized spacial score (nSPS) is 47.4. The smallest absolute Gasteiger partial charge is 0.303 e. The molecule has 28 heavy (non-hydrogen) atoms. The van der Waals surface area contributed by atoms with E-state index in [1.807, 2.05) is 0 Å². The van der Waals surface area contributed by atoms with Gasteiger partial charge < -0.3 is 9.84 Å². The topological polar surface area (TPSA) is 63.6 Å². The van der Waals surface area contributed by atoms with Crippen LogP contribution < -0.4 is 0 Å². The minimum absolute atomic E-state index is 0.0853. The molecule has 0 bridgehead atoms. The van der Waals surface area contributed by atoms with Gasteiger partial charge in [0.05, 0.1) is 0 Å². The van der Waals surface area contributed by atoms with Crippen molar-refractivity contribution in [3.63, 3.8) is 0 Å². The second-order valence-corrected chi connectivity index (χ2v) is 10.2. The summed E-state index contributed by atoms with van der Waals surface area (Å²) < 4.78 is 6.00. The highest BCUT2D eigenvalue weighted by Crippen LogP contribution is 2.68. The molecule has 0 aromatic heterocycles. The van der Waals surface area contributed by atoms with E-state index < -0.39 is 11.7 Å². The molecule has 1 N–H and O–H groups in total. The molecule has 0 aliphatic heterocycles. The lowest BCUT2D eigenvalue weighted by molar-refractivity contribution is -0.180. The van der Waals surface area contributed by atoms with Gasteiger partial charge in [-0.05, 0) is 61.5 Å². The number of fused-ring (bicyclic) bond motifs is 5. The van der Waals surface area contributed by atoms with Crippen molar-refractivity contribution < 1.29 is 19.4 Å². The van der Waals surface area contributed by atoms with Crippen molar-refractivity contribution in [3.05, 3.63) is 22.8 Å². The zero-order chi connectivity index (χ0) is 20.5. The first-order valence-electron chi connectivity index (χ1n) is 10.6. The molecule has 7 atom stereocenters. The average Bonchev–Trinajstić information content (AvgIpc) is 2.90. The number of ether oxygens (including phenoxy) is 1. The van der Waals surface area contributed by atoms with Gasteiger partial charge in [-0.15, -0.1) is 0 Å². The second kappa shape index (κ2) is 6.43. The summed E-state index contributed by atoms with van der Waals surface area (Å²) >= 11 is 6.72. The zero-order valence-corrected chi connectivity index (χ0v) is 18.0. The first kappa shape index (κ1) is 20.2. The number of rotatable bonds is 2. The zero-order valence-electron chi connectivity index (χ0n) is 17.3. The Balaban J connectivity index is 1.77. The van der Waals surface area contributed by atoms with Crippen LogP contribution in [0.5, 0.6) is 0 Å². The third-order valence-electron chi connectivity index (χ3n) is 8.76. The fourth-order valence-corrected chi connectivity index (χ4v) is 7.73. The van der Waals surface area contributed by atoms with E-state index in [0.29, 0.717) is 23.3 Å². The summed E-state index contributed by atoms with van der Waals surface area (Å²) in [7, 11) is 0. The van der Waals surface area contributed by atoms with Gasteiger partial charge in [0, 0.05) is 29.2 Å². The van der Waals surface area contributed by atoms with Crippen LogP contribution in [-0.2, 0) is 14.3 Å². The third-order valence-corrected chi connectivity index (χ3v) is 9.09. The van der Waals surface area contributed by atoms with Gasteiger partial charge >= 0.3 is 5.97 Å². The highest BCUT2D eigenvalue weighted by molar-refractivity contribution is 6.32. The molecule has 2 fully saturated rings. The summed E-state index contributed by atoms with van der Waals surface area (Å²) in [6, 6.07) is 0. The number of carbonyl (C=O) groups is 2. The largest absolute Gasteiger partial charge is 0.459 e. The number of ketones is 1. The summed E-state index contributed by atoms with van der Waals surface area (Å²) in [5, 5.41) is 10.7. The molecule has 4 nitrogen and oxygen atoms in total. The Morgan fingerprint density at radius 1 is 1.25 bits per heavy atom. The van der Waals surface area contributed by atoms with Crippen molar-refractivity contribution in [1.82, 2.24) is 0 Å². The SMILES string of the molecule is CC[C@@]1(OC(C)=O)CC[C@H]2[C@@H]3C=C(Cl)C4=C[C@@H](O)C(=O)C[C@]4(C)[C@H]3CC[C@@]21C. The van der Waals surface area contributed by atoms with Gasteiger partial charge in [0.2, 0.25) is 0 Å². The Kier molecular flexibility index (Phi) is 4.63. The van der Waals surface area contributed by atoms with Crippen molar-refractivity contribution in [2.75, 3.05) is 0 Å². The Bertz CT molecular complexity index is 785. The minimum atomic E-state index is -1.04. The van der Waals surface area contributed by atoms with Crippen LogP contribution in [0.2, 0.25) is 0 Å². The average molecular weight is 407 g/mol. The molecule has 0 spiro atoms. The molecular formula is C23H31ClO4. The number of hydrogen-bond acceptors (Lipinski definition) is 4. The number of hydrogen-bond donors (Lipinski definition) is 1. The Hall–Kier alpha value is -1.13. The van der Waals surface area contributed by atoms with Crippen molar-refractivity contribution in [1.29, 1.82) is 0 Å². The number of aliphatic hydroxyl groups is 1. The van der Waals surface area contributed by atoms with Crippen molar-refractivity contribution in [3.8, 4) is 0 Å². The van der Waals surface area contributed by atoms with Crippen LogP contribution in [0, 0.1) is 28.6 Å². The summed E-state index contributed by atoms with van der Waals surface area (Å²) in [5.41, 5.74) is 0.112. The van der Waals surface area contributed by atoms with Crippen LogP contribution in [0.3, 0.4) is 0 Å². The molecule has 0 unspecified atom stereocenters. The van der Waals surface area contributed by atoms with E-state index in [9.17, 15) is 14.7 Å². The second-order valence-electron chi connectivity index (χ2n) is 9.83. The summed E-state index contributed by atoms with van der Waals surface area (Å²) in [4.78, 5) is 24.3. The summed E-state index contributed by atoms with van der Waals surface area (Å²) in [5.74, 6) is 0.645. The number of aliphatic hydroxyl groups excluding tert-OH is 1. The van der Waals surface area contributed by atoms with Gasteiger partial charge in [-0.2, -0.15) is 0 Å². The number of esters is 1. The van der Waals surface area contributed by atoms with Crippen molar-refractivity contribution >= 4 is 23.4 Å². The molecule has 4 aliphatic carbocycles. The van der Waals surface area contributed by atoms with E-state index in [-0.39, 0.29) is 28.5 Å². The lowest BCUT2D eigenvalue weighted by atomic mass is 9.48. The van der Waals surface area contributed by atoms with Gasteiger partial charge in [0.15, 0.2) is 5.78 Å². The molecule has 154 valence electrons. The monoisotopic (exact) mass is 406 g/mol. The predicted octanol–water partition coefficient (Wildman–Crippen LogP) is 4.54. The predicted molar refractivity (Wildman–Crippen MR) is 108 cm³/mol. The van der Waals surface area contributed by atoms with Gasteiger partial charge in [0.1, 0.15) is 11.7 Å². The van der Waals surface area contributed by atoms with Crippen LogP contribution in [0.15, 0.2) is 22.8 Å². The van der Waals surface area contributed by atoms with E-state index >= 15 is 0 Å². The first-order valence-corrected chi connectivity index (χ1v) is 11.0. The fourth-order valence-electron chi connectivity index (χ4n) is 7.31. The van der Waals surface area contributed by atoms with Crippen LogP contribution in [-0.4, -0.2) is 28.6 Å². The fraction of sp³-hybridized carbons (Fsp3) is 0.739. The van der Waals surface area contributed by atoms with Crippen molar-refractivity contribution in [2.24, 2.45) is 28.6 Å². The Labute approximate surface area is 172 Å². The van der Waals surface area contributed by atoms with Crippen molar-refractivity contribution in [2.45, 2.75) is 77.9 Å². The van der Waals surface area contributed by atoms with Crippen LogP contribution in [0.25, 0.3) is 0 Å². The highest BCUT2D eigenvalue weighted by atomic mass is 35.5. The number of allylic oxidation sites excluding steroid dienone is 3. The van der Waals surface area contributed by atoms with E-state index in [4.69, 9.17) is 16.3 Å². The van der Waals surface area contributed by atoms with Gasteiger partial charge in [-0.3, -0.25) is 9.59 Å². The maximum Gasteiger partial charge on any atom is 0.303 e. The van der Waals surface area contributed by atoms with Crippen LogP contribution >= 0.6 is 11.6 Å². The van der Waals surface area contributed by atoms with Crippen LogP contribution in [0.4, 0.5) is 0 Å². The molecule has 4 aliphatic rings. The molecule has 0 radical (unpaired) electrons. The number of halogens is 1. The van der Waals surface area contributed by atoms with Gasteiger partial charge in [-0.25, -0.2) is 0 Å². The lowest BCUT2D eigenvalue weighted by Gasteiger charge is -2.58. The summed E-state index contributed by atoms with van der Waals surface area (Å²) in [6.45, 7) is 8.06. The van der Waals surface area contributed by atoms with Crippen LogP contribution in [0.1, 0.15) is 66.2 Å². The molecule has 4 rings (SSSR count). The molecular weight excluding hydrogens is 376 g/mol. The molecule has 5 heteroatoms. The van der Waals surface area contributed by atoms with E-state index in [1.165, 1.54) is 6.92 Å². The molecule has 0 amide bonds. The Morgan fingerprint density at radius 3 is 2.57 bits per heavy atom. The van der Waals surface area contributed by atoms with E-state index in [2.05, 4.69) is 26.8 Å². The van der Waals surface area contributed by atoms with Gasteiger partial charge in [-0.1, -0.05) is 38.4 Å². The standard InChI is InChI=1S/C23H31ClO4/c1-5-23(28-13(2)25)9-7-16-14-10-18(24)17-11-19(26)20(27)12-21(17,3)15(14)6-8-22(16,23)4/h10-11,14-16,19,26H,5-9,12H2,1-4H3/t14-,15+,16+,19-,21-,22+,23-/m1/s1. The lowest BCUT2D eigenvalue weighted by Crippen LogP contribution is -2.55. The summed E-state index contributed by atoms with van der Waals surface area (Å²) in [6.07, 6.45) is 7.80. The minimum Gasteiger partial charge on any atom is -0.459 e. The maximum atomic E-state index is 12.4. The highest BCUT2D eigenvalue weighted by Gasteiger charge is 2.65. The Morgan fingerprint density at radius 2 is 1.93 bits per heavy atom. The van der Waals surface area contributed by atoms with E-state index in [1.54, 1.807) is 6.08 Å². The van der Waals surface area contributed by atoms with Gasteiger partial charge in [0.25, 0.3) is 0 Å². The molecule has 2 saturated carbocycles. The number of carbonyl (C=O) groups excluding carboxylic acids is 2. The van der Waals surface area contributed by atoms with E-state index in [0.717, 1.165) is 37.7 Å². The molecule has 0 aromatic rings. The molecule has 0 aromatic carbocycles. The number of Topliss-reactive ketones (excluding diaryl/α,β-unsaturated/α-hetero) is 1. The third kappa shape index (κ3) is 2.53. The quantitative estimate of drug-likeness (QED) is 0.683. The molecule has 0 heterocycles.